The van der Waals surface area contributed by atoms with E-state index in [2.05, 4.69) is 32.8 Å². The summed E-state index contributed by atoms with van der Waals surface area (Å²) in [5.41, 5.74) is 0. The van der Waals surface area contributed by atoms with Gasteiger partial charge in [0, 0.05) is 6.04 Å². The van der Waals surface area contributed by atoms with Gasteiger partial charge >= 0.3 is 0 Å². The lowest BCUT2D eigenvalue weighted by atomic mass is 10.2. The van der Waals surface area contributed by atoms with Gasteiger partial charge in [-0.3, -0.25) is 0 Å². The zero-order valence-corrected chi connectivity index (χ0v) is 5.65. The van der Waals surface area contributed by atoms with Gasteiger partial charge < -0.3 is 4.90 Å². The summed E-state index contributed by atoms with van der Waals surface area (Å²) < 4.78 is 0. The minimum Gasteiger partial charge on any atom is -0.302 e. The third-order valence-electron chi connectivity index (χ3n) is 1.28. The van der Waals surface area contributed by atoms with Crippen molar-refractivity contribution in [2.45, 2.75) is 20.3 Å². The predicted octanol–water partition coefficient (Wildman–Crippen LogP) is 1.51. The van der Waals surface area contributed by atoms with E-state index in [0.29, 0.717) is 0 Å². The maximum atomic E-state index is 2.16. The highest BCUT2D eigenvalue weighted by Crippen LogP contribution is 2.04. The van der Waals surface area contributed by atoms with Crippen LogP contribution >= 0.6 is 0 Å². The first-order valence-electron chi connectivity index (χ1n) is 2.68. The Balaban J connectivity index is 3.14. The monoisotopic (exact) mass is 100 g/mol. The molecule has 0 saturated heterocycles. The first-order valence-corrected chi connectivity index (χ1v) is 2.68. The maximum absolute atomic E-state index is 2.16. The molecule has 0 atom stereocenters. The van der Waals surface area contributed by atoms with Gasteiger partial charge in [-0.25, -0.2) is 0 Å². The molecule has 0 saturated carbocycles. The van der Waals surface area contributed by atoms with Crippen molar-refractivity contribution in [2.24, 2.45) is 0 Å². The highest BCUT2D eigenvalue weighted by Gasteiger charge is 1.98. The van der Waals surface area contributed by atoms with Crippen molar-refractivity contribution in [3.05, 3.63) is 6.04 Å². The van der Waals surface area contributed by atoms with Gasteiger partial charge in [0.05, 0.1) is 0 Å². The molecule has 0 bridgehead atoms. The van der Waals surface area contributed by atoms with E-state index in [9.17, 15) is 0 Å². The van der Waals surface area contributed by atoms with Crippen LogP contribution in [0.4, 0.5) is 0 Å². The molecule has 0 rings (SSSR count). The lowest BCUT2D eigenvalue weighted by molar-refractivity contribution is 0.411. The molecule has 0 unspecified atom stereocenters. The largest absolute Gasteiger partial charge is 0.302 e. The Bertz CT molecular complexity index is 41.4. The molecule has 7 heavy (non-hydrogen) atoms. The molecule has 0 amide bonds. The van der Waals surface area contributed by atoms with E-state index < -0.39 is 0 Å². The summed E-state index contributed by atoms with van der Waals surface area (Å²) in [6, 6.07) is 1.43. The molecule has 0 heterocycles. The van der Waals surface area contributed by atoms with Crippen LogP contribution in [0.1, 0.15) is 20.3 Å². The van der Waals surface area contributed by atoms with Gasteiger partial charge in [0.25, 0.3) is 0 Å². The second-order valence-corrected chi connectivity index (χ2v) is 1.98. The standard InChI is InChI=1S/C6H14N/c1-5-6(2)7(3)4/h5H2,1-4H3. The molecule has 0 aromatic heterocycles. The average Bonchev–Trinajstić information content (AvgIpc) is 1.65. The SMILES string of the molecule is CC[C](C)N(C)C. The zero-order valence-electron chi connectivity index (χ0n) is 5.65. The second kappa shape index (κ2) is 3.03. The van der Waals surface area contributed by atoms with Crippen molar-refractivity contribution >= 4 is 0 Å². The molecule has 43 valence electrons. The van der Waals surface area contributed by atoms with Gasteiger partial charge in [-0.05, 0) is 27.4 Å². The van der Waals surface area contributed by atoms with Crippen LogP contribution in [0.5, 0.6) is 0 Å². The molecule has 0 aliphatic heterocycles. The van der Waals surface area contributed by atoms with Crippen LogP contribution < -0.4 is 0 Å². The first-order chi connectivity index (χ1) is 3.18. The average molecular weight is 100 g/mol. The fourth-order valence-corrected chi connectivity index (χ4v) is 0.316. The molecule has 0 aliphatic carbocycles. The van der Waals surface area contributed by atoms with Crippen molar-refractivity contribution < 1.29 is 0 Å². The fourth-order valence-electron chi connectivity index (χ4n) is 0.316. The Morgan fingerprint density at radius 2 is 1.86 bits per heavy atom. The van der Waals surface area contributed by atoms with Crippen LogP contribution in [-0.2, 0) is 0 Å². The summed E-state index contributed by atoms with van der Waals surface area (Å²) in [5, 5.41) is 0. The highest BCUT2D eigenvalue weighted by molar-refractivity contribution is 4.76. The van der Waals surface area contributed by atoms with Crippen molar-refractivity contribution in [1.29, 1.82) is 0 Å². The predicted molar refractivity (Wildman–Crippen MR) is 32.9 cm³/mol. The van der Waals surface area contributed by atoms with E-state index in [4.69, 9.17) is 0 Å². The fraction of sp³-hybridized carbons (Fsp3) is 0.833. The molecule has 1 nitrogen and oxygen atoms in total. The summed E-state index contributed by atoms with van der Waals surface area (Å²) >= 11 is 0. The van der Waals surface area contributed by atoms with Gasteiger partial charge in [-0.1, -0.05) is 6.92 Å². The third-order valence-corrected chi connectivity index (χ3v) is 1.28. The highest BCUT2D eigenvalue weighted by atomic mass is 15.1. The van der Waals surface area contributed by atoms with Gasteiger partial charge in [-0.15, -0.1) is 0 Å². The Kier molecular flexibility index (Phi) is 3.01. The maximum Gasteiger partial charge on any atom is 0.0353 e. The van der Waals surface area contributed by atoms with Crippen molar-refractivity contribution in [2.75, 3.05) is 14.1 Å². The van der Waals surface area contributed by atoms with Crippen LogP contribution in [0.2, 0.25) is 0 Å². The number of hydrogen-bond donors (Lipinski definition) is 0. The number of nitrogens with zero attached hydrogens (tertiary/aromatic N) is 1. The number of hydrogen-bond acceptors (Lipinski definition) is 1. The molecule has 0 aromatic rings. The Morgan fingerprint density at radius 3 is 1.86 bits per heavy atom. The van der Waals surface area contributed by atoms with Gasteiger partial charge in [-0.2, -0.15) is 0 Å². The first kappa shape index (κ1) is 6.96. The van der Waals surface area contributed by atoms with Crippen LogP contribution in [0.15, 0.2) is 0 Å². The minimum absolute atomic E-state index is 1.16. The molecule has 0 N–H and O–H groups in total. The Labute approximate surface area is 46.3 Å². The lowest BCUT2D eigenvalue weighted by Crippen LogP contribution is -2.15. The summed E-state index contributed by atoms with van der Waals surface area (Å²) in [4.78, 5) is 2.14. The minimum atomic E-state index is 1.16. The molecule has 0 aromatic carbocycles. The second-order valence-electron chi connectivity index (χ2n) is 1.98. The molecular formula is C6H14N. The molecule has 1 heteroatoms. The van der Waals surface area contributed by atoms with Crippen LogP contribution in [0.3, 0.4) is 0 Å². The summed E-state index contributed by atoms with van der Waals surface area (Å²) in [6.45, 7) is 4.30. The van der Waals surface area contributed by atoms with E-state index in [-0.39, 0.29) is 0 Å². The Morgan fingerprint density at radius 1 is 1.43 bits per heavy atom. The molecule has 1 radical (unpaired) electrons. The third kappa shape index (κ3) is 2.63. The van der Waals surface area contributed by atoms with E-state index in [1.807, 2.05) is 0 Å². The van der Waals surface area contributed by atoms with Crippen LogP contribution in [-0.4, -0.2) is 19.0 Å². The lowest BCUT2D eigenvalue weighted by Gasteiger charge is -2.15. The summed E-state index contributed by atoms with van der Waals surface area (Å²) in [5.74, 6) is 0. The van der Waals surface area contributed by atoms with E-state index in [1.165, 1.54) is 6.04 Å². The van der Waals surface area contributed by atoms with E-state index in [1.54, 1.807) is 0 Å². The summed E-state index contributed by atoms with van der Waals surface area (Å²) in [6.07, 6.45) is 1.16. The van der Waals surface area contributed by atoms with Crippen molar-refractivity contribution in [1.82, 2.24) is 4.90 Å². The molecule has 0 spiro atoms. The number of rotatable bonds is 2. The normalized spacial score (nSPS) is 11.1. The van der Waals surface area contributed by atoms with Crippen LogP contribution in [0, 0.1) is 6.04 Å². The molecular weight excluding hydrogens is 86.1 g/mol. The quantitative estimate of drug-likeness (QED) is 0.508. The van der Waals surface area contributed by atoms with Gasteiger partial charge in [0.2, 0.25) is 0 Å². The van der Waals surface area contributed by atoms with E-state index in [0.717, 1.165) is 6.42 Å². The zero-order chi connectivity index (χ0) is 5.86. The van der Waals surface area contributed by atoms with Crippen molar-refractivity contribution in [3.63, 3.8) is 0 Å². The smallest absolute Gasteiger partial charge is 0.0353 e. The topological polar surface area (TPSA) is 3.24 Å². The molecule has 0 fully saturated rings. The van der Waals surface area contributed by atoms with E-state index >= 15 is 0 Å². The summed E-state index contributed by atoms with van der Waals surface area (Å²) in [7, 11) is 4.14. The van der Waals surface area contributed by atoms with Crippen LogP contribution in [0.25, 0.3) is 0 Å². The Hall–Kier alpha value is -0.0400. The van der Waals surface area contributed by atoms with Gasteiger partial charge in [0.1, 0.15) is 0 Å². The van der Waals surface area contributed by atoms with Gasteiger partial charge in [0.15, 0.2) is 0 Å². The molecule has 0 aliphatic rings. The van der Waals surface area contributed by atoms with Crippen molar-refractivity contribution in [3.8, 4) is 0 Å².